The van der Waals surface area contributed by atoms with E-state index in [0.717, 1.165) is 24.0 Å². The first-order valence-electron chi connectivity index (χ1n) is 10.9. The highest BCUT2D eigenvalue weighted by Crippen LogP contribution is 2.32. The van der Waals surface area contributed by atoms with E-state index in [2.05, 4.69) is 42.5 Å². The van der Waals surface area contributed by atoms with Crippen LogP contribution in [0.4, 0.5) is 26.5 Å². The first kappa shape index (κ1) is 21.6. The third-order valence-corrected chi connectivity index (χ3v) is 5.95. The van der Waals surface area contributed by atoms with Gasteiger partial charge in [-0.05, 0) is 50.1 Å². The average Bonchev–Trinajstić information content (AvgIpc) is 3.23. The normalized spacial score (nSPS) is 18.1. The Labute approximate surface area is 194 Å². The van der Waals surface area contributed by atoms with E-state index in [1.165, 1.54) is 18.3 Å². The molecule has 1 amide bonds. The molecule has 3 N–H and O–H groups in total. The molecule has 4 aromatic rings. The van der Waals surface area contributed by atoms with Gasteiger partial charge in [0.2, 0.25) is 5.95 Å². The summed E-state index contributed by atoms with van der Waals surface area (Å²) in [6.45, 7) is 2.65. The number of fused-ring (bicyclic) bond motifs is 1. The van der Waals surface area contributed by atoms with Crippen LogP contribution >= 0.6 is 0 Å². The van der Waals surface area contributed by atoms with Crippen molar-refractivity contribution < 1.29 is 14.3 Å². The molecule has 4 aromatic heterocycles. The van der Waals surface area contributed by atoms with Gasteiger partial charge in [-0.25, -0.2) is 14.2 Å². The molecule has 174 valence electrons. The fraction of sp³-hybridized carbons (Fsp3) is 0.261. The lowest BCUT2D eigenvalue weighted by Gasteiger charge is -2.40. The maximum Gasteiger partial charge on any atom is 0.404 e. The van der Waals surface area contributed by atoms with Gasteiger partial charge in [-0.3, -0.25) is 9.97 Å². The van der Waals surface area contributed by atoms with Gasteiger partial charge in [-0.15, -0.1) is 0 Å². The number of hydrogen-bond donors (Lipinski definition) is 3. The van der Waals surface area contributed by atoms with Crippen molar-refractivity contribution in [3.05, 3.63) is 60.9 Å². The molecule has 0 aliphatic carbocycles. The summed E-state index contributed by atoms with van der Waals surface area (Å²) in [4.78, 5) is 26.1. The number of imidazole rings is 1. The number of nitrogens with zero attached hydrogens (tertiary/aromatic N) is 6. The van der Waals surface area contributed by atoms with Gasteiger partial charge in [0.15, 0.2) is 5.82 Å². The van der Waals surface area contributed by atoms with Crippen molar-refractivity contribution in [3.63, 3.8) is 0 Å². The smallest absolute Gasteiger partial charge is 0.404 e. The summed E-state index contributed by atoms with van der Waals surface area (Å²) in [7, 11) is 0. The zero-order chi connectivity index (χ0) is 23.7. The van der Waals surface area contributed by atoms with Crippen molar-refractivity contribution in [1.29, 1.82) is 0 Å². The first-order valence-corrected chi connectivity index (χ1v) is 10.9. The van der Waals surface area contributed by atoms with Gasteiger partial charge in [-0.2, -0.15) is 9.61 Å². The van der Waals surface area contributed by atoms with Crippen LogP contribution in [0.25, 0.3) is 16.9 Å². The summed E-state index contributed by atoms with van der Waals surface area (Å²) in [5.41, 5.74) is 2.85. The number of halogens is 1. The molecule has 2 atom stereocenters. The third-order valence-electron chi connectivity index (χ3n) is 5.95. The molecule has 0 radical (unpaired) electrons. The Hall–Kier alpha value is -4.28. The monoisotopic (exact) mass is 462 g/mol. The number of rotatable bonds is 5. The van der Waals surface area contributed by atoms with E-state index in [0.29, 0.717) is 23.9 Å². The molecule has 0 aromatic carbocycles. The zero-order valence-electron chi connectivity index (χ0n) is 18.4. The van der Waals surface area contributed by atoms with Gasteiger partial charge in [0.1, 0.15) is 11.4 Å². The lowest BCUT2D eigenvalue weighted by atomic mass is 9.98. The molecule has 34 heavy (non-hydrogen) atoms. The Morgan fingerprint density at radius 1 is 1.15 bits per heavy atom. The highest BCUT2D eigenvalue weighted by Gasteiger charge is 2.28. The number of piperidine rings is 1. The quantitative estimate of drug-likeness (QED) is 0.411. The topological polar surface area (TPSA) is 121 Å². The minimum absolute atomic E-state index is 0.158. The Bertz CT molecular complexity index is 1340. The van der Waals surface area contributed by atoms with E-state index in [9.17, 15) is 9.18 Å². The molecule has 1 aliphatic rings. The number of hydrogen-bond acceptors (Lipinski definition) is 7. The molecule has 5 rings (SSSR count). The van der Waals surface area contributed by atoms with E-state index in [4.69, 9.17) is 5.11 Å². The van der Waals surface area contributed by atoms with Crippen LogP contribution in [0.1, 0.15) is 19.8 Å². The summed E-state index contributed by atoms with van der Waals surface area (Å²) in [5, 5.41) is 19.6. The summed E-state index contributed by atoms with van der Waals surface area (Å²) in [6, 6.07) is 8.31. The standard InChI is InChI=1S/C23H23FN8O2/c1-14-4-5-15(28-23(33)34)13-31(14)20-8-10-25-12-19(20)29-22-27-11-16-6-7-18(30-32(16)22)21-17(24)3-2-9-26-21/h2-3,6-12,14-15,28H,4-5,13H2,1H3,(H,27,29)(H,33,34)/t14-,15+/m0/s1. The van der Waals surface area contributed by atoms with E-state index in [1.54, 1.807) is 35.2 Å². The van der Waals surface area contributed by atoms with Crippen LogP contribution < -0.4 is 15.5 Å². The minimum atomic E-state index is -1.03. The highest BCUT2D eigenvalue weighted by atomic mass is 19.1. The predicted molar refractivity (Wildman–Crippen MR) is 125 cm³/mol. The zero-order valence-corrected chi connectivity index (χ0v) is 18.4. The van der Waals surface area contributed by atoms with E-state index in [-0.39, 0.29) is 17.8 Å². The fourth-order valence-electron chi connectivity index (χ4n) is 4.26. The van der Waals surface area contributed by atoms with Crippen molar-refractivity contribution in [2.75, 3.05) is 16.8 Å². The Morgan fingerprint density at radius 2 is 2.03 bits per heavy atom. The number of nitrogens with one attached hydrogen (secondary N) is 2. The molecule has 10 nitrogen and oxygen atoms in total. The SMILES string of the molecule is C[C@H]1CC[C@@H](NC(=O)O)CN1c1ccncc1Nc1ncc2ccc(-c3ncccc3F)nn12. The molecular weight excluding hydrogens is 439 g/mol. The van der Waals surface area contributed by atoms with Crippen molar-refractivity contribution in [1.82, 2.24) is 29.9 Å². The van der Waals surface area contributed by atoms with Gasteiger partial charge >= 0.3 is 6.09 Å². The van der Waals surface area contributed by atoms with Gasteiger partial charge in [0.05, 0.1) is 29.3 Å². The second-order valence-corrected chi connectivity index (χ2v) is 8.21. The van der Waals surface area contributed by atoms with Gasteiger partial charge < -0.3 is 20.6 Å². The van der Waals surface area contributed by atoms with Crippen LogP contribution in [-0.2, 0) is 0 Å². The molecule has 0 spiro atoms. The van der Waals surface area contributed by atoms with E-state index in [1.807, 2.05) is 6.07 Å². The van der Waals surface area contributed by atoms with E-state index >= 15 is 0 Å². The first-order chi connectivity index (χ1) is 16.5. The molecule has 1 saturated heterocycles. The average molecular weight is 462 g/mol. The Morgan fingerprint density at radius 3 is 2.85 bits per heavy atom. The number of carboxylic acid groups (broad SMARTS) is 1. The van der Waals surface area contributed by atoms with Crippen LogP contribution in [0.15, 0.2) is 55.1 Å². The number of pyridine rings is 2. The summed E-state index contributed by atoms with van der Waals surface area (Å²) in [6.07, 6.45) is 7.18. The molecule has 0 unspecified atom stereocenters. The largest absolute Gasteiger partial charge is 0.465 e. The second kappa shape index (κ2) is 8.93. The molecule has 0 bridgehead atoms. The highest BCUT2D eigenvalue weighted by molar-refractivity contribution is 5.74. The van der Waals surface area contributed by atoms with Crippen LogP contribution in [0.3, 0.4) is 0 Å². The molecule has 1 fully saturated rings. The minimum Gasteiger partial charge on any atom is -0.465 e. The van der Waals surface area contributed by atoms with Crippen LogP contribution in [0.2, 0.25) is 0 Å². The fourth-order valence-corrected chi connectivity index (χ4v) is 4.26. The van der Waals surface area contributed by atoms with Crippen molar-refractivity contribution in [3.8, 4) is 11.4 Å². The second-order valence-electron chi connectivity index (χ2n) is 8.21. The van der Waals surface area contributed by atoms with Crippen molar-refractivity contribution in [2.24, 2.45) is 0 Å². The van der Waals surface area contributed by atoms with Gasteiger partial charge in [0.25, 0.3) is 0 Å². The number of amides is 1. The molecule has 5 heterocycles. The lowest BCUT2D eigenvalue weighted by Crippen LogP contribution is -2.51. The van der Waals surface area contributed by atoms with Crippen LogP contribution in [-0.4, -0.2) is 54.4 Å². The predicted octanol–water partition coefficient (Wildman–Crippen LogP) is 3.69. The molecule has 11 heteroatoms. The lowest BCUT2D eigenvalue weighted by molar-refractivity contribution is 0.187. The van der Waals surface area contributed by atoms with Gasteiger partial charge in [-0.1, -0.05) is 0 Å². The van der Waals surface area contributed by atoms with E-state index < -0.39 is 11.9 Å². The number of anilines is 3. The Kier molecular flexibility index (Phi) is 5.66. The molecule has 1 aliphatic heterocycles. The molecular formula is C23H23FN8O2. The molecule has 0 saturated carbocycles. The van der Waals surface area contributed by atoms with Crippen molar-refractivity contribution in [2.45, 2.75) is 31.8 Å². The number of carbonyl (C=O) groups is 1. The Balaban J connectivity index is 1.47. The van der Waals surface area contributed by atoms with Crippen molar-refractivity contribution >= 4 is 28.9 Å². The van der Waals surface area contributed by atoms with Crippen LogP contribution in [0.5, 0.6) is 0 Å². The summed E-state index contributed by atoms with van der Waals surface area (Å²) < 4.78 is 15.8. The maximum absolute atomic E-state index is 14.3. The number of aromatic nitrogens is 5. The van der Waals surface area contributed by atoms with Gasteiger partial charge in [0, 0.05) is 31.0 Å². The maximum atomic E-state index is 14.3. The van der Waals surface area contributed by atoms with Crippen LogP contribution in [0, 0.1) is 5.82 Å². The summed E-state index contributed by atoms with van der Waals surface area (Å²) in [5.74, 6) is -0.0190. The third kappa shape index (κ3) is 4.19. The summed E-state index contributed by atoms with van der Waals surface area (Å²) >= 11 is 0.